The fourth-order valence-electron chi connectivity index (χ4n) is 1.95. The Kier molecular flexibility index (Phi) is 4.24. The number of amides is 1. The first-order chi connectivity index (χ1) is 11.0. The molecule has 23 heavy (non-hydrogen) atoms. The van der Waals surface area contributed by atoms with Gasteiger partial charge in [-0.2, -0.15) is 0 Å². The van der Waals surface area contributed by atoms with E-state index in [1.165, 1.54) is 11.3 Å². The molecule has 120 valence electrons. The van der Waals surface area contributed by atoms with Crippen LogP contribution in [0.5, 0.6) is 0 Å². The molecule has 0 atom stereocenters. The zero-order chi connectivity index (χ0) is 16.4. The van der Waals surface area contributed by atoms with Gasteiger partial charge >= 0.3 is 0 Å². The zero-order valence-electron chi connectivity index (χ0n) is 13.1. The van der Waals surface area contributed by atoms with Crippen LogP contribution in [0, 0.1) is 6.92 Å². The number of hydrogen-bond donors (Lipinski definition) is 1. The van der Waals surface area contributed by atoms with Crippen molar-refractivity contribution in [1.29, 1.82) is 0 Å². The number of aryl methyl sites for hydroxylation is 1. The second-order valence-corrected chi connectivity index (χ2v) is 6.27. The minimum absolute atomic E-state index is 0.241. The van der Waals surface area contributed by atoms with Crippen molar-refractivity contribution < 1.29 is 9.21 Å². The van der Waals surface area contributed by atoms with Crippen LogP contribution in [0.3, 0.4) is 0 Å². The summed E-state index contributed by atoms with van der Waals surface area (Å²) < 4.78 is 7.26. The number of carbonyl (C=O) groups excluding carboxylic acids is 1. The number of nitrogens with zero attached hydrogens (tertiary/aromatic N) is 4. The van der Waals surface area contributed by atoms with Crippen LogP contribution in [0.2, 0.25) is 0 Å². The van der Waals surface area contributed by atoms with Crippen molar-refractivity contribution in [1.82, 2.24) is 25.3 Å². The summed E-state index contributed by atoms with van der Waals surface area (Å²) in [5.41, 5.74) is 1.08. The highest BCUT2D eigenvalue weighted by Gasteiger charge is 2.14. The van der Waals surface area contributed by atoms with Gasteiger partial charge in [0.05, 0.1) is 12.7 Å². The Morgan fingerprint density at radius 3 is 2.91 bits per heavy atom. The fraction of sp³-hybridized carbons (Fsp3) is 0.333. The van der Waals surface area contributed by atoms with E-state index in [4.69, 9.17) is 4.42 Å². The second-order valence-electron chi connectivity index (χ2n) is 5.41. The molecular formula is C15H17N5O2S. The Balaban J connectivity index is 1.63. The molecule has 0 saturated carbocycles. The van der Waals surface area contributed by atoms with Gasteiger partial charge in [-0.15, -0.1) is 16.4 Å². The molecule has 0 unspecified atom stereocenters. The van der Waals surface area contributed by atoms with Crippen molar-refractivity contribution in [3.05, 3.63) is 40.9 Å². The van der Waals surface area contributed by atoms with E-state index in [-0.39, 0.29) is 11.9 Å². The Bertz CT molecular complexity index is 817. The summed E-state index contributed by atoms with van der Waals surface area (Å²) in [5, 5.41) is 13.2. The molecule has 8 heteroatoms. The number of rotatable bonds is 5. The molecular weight excluding hydrogens is 314 g/mol. The van der Waals surface area contributed by atoms with Gasteiger partial charge in [0, 0.05) is 11.4 Å². The van der Waals surface area contributed by atoms with E-state index in [1.807, 2.05) is 39.1 Å². The Morgan fingerprint density at radius 2 is 2.26 bits per heavy atom. The van der Waals surface area contributed by atoms with Gasteiger partial charge in [-0.3, -0.25) is 4.79 Å². The Morgan fingerprint density at radius 1 is 1.43 bits per heavy atom. The van der Waals surface area contributed by atoms with Gasteiger partial charge < -0.3 is 9.73 Å². The van der Waals surface area contributed by atoms with Crippen molar-refractivity contribution >= 4 is 17.2 Å². The lowest BCUT2D eigenvalue weighted by Gasteiger charge is -2.01. The summed E-state index contributed by atoms with van der Waals surface area (Å²) in [4.78, 5) is 16.5. The molecule has 0 aliphatic heterocycles. The van der Waals surface area contributed by atoms with Crippen LogP contribution in [-0.4, -0.2) is 25.9 Å². The molecule has 0 aliphatic carbocycles. The third-order valence-corrected chi connectivity index (χ3v) is 4.06. The molecule has 0 fully saturated rings. The summed E-state index contributed by atoms with van der Waals surface area (Å²) in [7, 11) is 0. The van der Waals surface area contributed by atoms with Gasteiger partial charge in [0.25, 0.3) is 5.91 Å². The molecule has 1 N–H and O–H groups in total. The summed E-state index contributed by atoms with van der Waals surface area (Å²) in [5.74, 6) is 1.25. The molecule has 0 bridgehead atoms. The summed E-state index contributed by atoms with van der Waals surface area (Å²) in [6, 6.07) is 3.96. The molecule has 7 nitrogen and oxygen atoms in total. The number of furan rings is 1. The Labute approximate surface area is 137 Å². The summed E-state index contributed by atoms with van der Waals surface area (Å²) in [6.45, 7) is 6.22. The van der Waals surface area contributed by atoms with Crippen molar-refractivity contribution in [2.24, 2.45) is 0 Å². The van der Waals surface area contributed by atoms with Gasteiger partial charge in [0.1, 0.15) is 17.1 Å². The maximum atomic E-state index is 12.2. The van der Waals surface area contributed by atoms with E-state index in [9.17, 15) is 4.79 Å². The maximum Gasteiger partial charge on any atom is 0.271 e. The first-order valence-electron chi connectivity index (χ1n) is 7.24. The van der Waals surface area contributed by atoms with Gasteiger partial charge in [-0.1, -0.05) is 5.21 Å². The molecule has 3 heterocycles. The van der Waals surface area contributed by atoms with Crippen LogP contribution >= 0.6 is 11.3 Å². The predicted octanol–water partition coefficient (Wildman–Crippen LogP) is 2.81. The summed E-state index contributed by atoms with van der Waals surface area (Å²) >= 11 is 1.38. The lowest BCUT2D eigenvalue weighted by atomic mass is 10.4. The first-order valence-corrected chi connectivity index (χ1v) is 8.12. The quantitative estimate of drug-likeness (QED) is 0.777. The SMILES string of the molecule is Cc1ccc(-c2nc(C(=O)NCc3cn(C(C)C)nn3)cs2)o1. The predicted molar refractivity (Wildman–Crippen MR) is 86.1 cm³/mol. The van der Waals surface area contributed by atoms with E-state index in [0.717, 1.165) is 5.76 Å². The van der Waals surface area contributed by atoms with Crippen LogP contribution in [0.1, 0.15) is 41.8 Å². The third-order valence-electron chi connectivity index (χ3n) is 3.20. The normalized spacial score (nSPS) is 11.1. The van der Waals surface area contributed by atoms with Crippen molar-refractivity contribution in [2.75, 3.05) is 0 Å². The third kappa shape index (κ3) is 3.48. The van der Waals surface area contributed by atoms with Gasteiger partial charge in [0.15, 0.2) is 10.8 Å². The lowest BCUT2D eigenvalue weighted by Crippen LogP contribution is -2.23. The van der Waals surface area contributed by atoms with E-state index >= 15 is 0 Å². The number of thiazole rings is 1. The molecule has 0 spiro atoms. The van der Waals surface area contributed by atoms with E-state index in [0.29, 0.717) is 28.7 Å². The van der Waals surface area contributed by atoms with Crippen LogP contribution in [-0.2, 0) is 6.54 Å². The van der Waals surface area contributed by atoms with E-state index < -0.39 is 0 Å². The highest BCUT2D eigenvalue weighted by Crippen LogP contribution is 2.25. The van der Waals surface area contributed by atoms with Crippen LogP contribution in [0.4, 0.5) is 0 Å². The smallest absolute Gasteiger partial charge is 0.271 e. The monoisotopic (exact) mass is 331 g/mol. The fourth-order valence-corrected chi connectivity index (χ4v) is 2.71. The van der Waals surface area contributed by atoms with Gasteiger partial charge in [-0.25, -0.2) is 9.67 Å². The molecule has 3 aromatic rings. The molecule has 0 saturated heterocycles. The highest BCUT2D eigenvalue weighted by molar-refractivity contribution is 7.13. The number of carbonyl (C=O) groups is 1. The zero-order valence-corrected chi connectivity index (χ0v) is 13.9. The first kappa shape index (κ1) is 15.4. The molecule has 3 aromatic heterocycles. The average molecular weight is 331 g/mol. The number of nitrogens with one attached hydrogen (secondary N) is 1. The van der Waals surface area contributed by atoms with Crippen LogP contribution < -0.4 is 5.32 Å². The van der Waals surface area contributed by atoms with E-state index in [2.05, 4.69) is 20.6 Å². The standard InChI is InChI=1S/C15H17N5O2S/c1-9(2)20-7-11(18-19-20)6-16-14(21)12-8-23-15(17-12)13-5-4-10(3)22-13/h4-5,7-9H,6H2,1-3H3,(H,16,21). The molecule has 1 amide bonds. The topological polar surface area (TPSA) is 85.8 Å². The maximum absolute atomic E-state index is 12.2. The summed E-state index contributed by atoms with van der Waals surface area (Å²) in [6.07, 6.45) is 1.82. The second kappa shape index (κ2) is 6.33. The van der Waals surface area contributed by atoms with Crippen molar-refractivity contribution in [3.63, 3.8) is 0 Å². The largest absolute Gasteiger partial charge is 0.459 e. The minimum Gasteiger partial charge on any atom is -0.459 e. The minimum atomic E-state index is -0.241. The van der Waals surface area contributed by atoms with Crippen molar-refractivity contribution in [2.45, 2.75) is 33.4 Å². The van der Waals surface area contributed by atoms with Gasteiger partial charge in [0.2, 0.25) is 0 Å². The van der Waals surface area contributed by atoms with E-state index in [1.54, 1.807) is 10.1 Å². The molecule has 0 aromatic carbocycles. The molecule has 3 rings (SSSR count). The van der Waals surface area contributed by atoms with Gasteiger partial charge in [-0.05, 0) is 32.9 Å². The number of aromatic nitrogens is 4. The van der Waals surface area contributed by atoms with Crippen LogP contribution in [0.25, 0.3) is 10.8 Å². The molecule has 0 aliphatic rings. The molecule has 0 radical (unpaired) electrons. The van der Waals surface area contributed by atoms with Crippen LogP contribution in [0.15, 0.2) is 28.1 Å². The number of hydrogen-bond acceptors (Lipinski definition) is 6. The Hall–Kier alpha value is -2.48. The highest BCUT2D eigenvalue weighted by atomic mass is 32.1. The van der Waals surface area contributed by atoms with Crippen molar-refractivity contribution in [3.8, 4) is 10.8 Å². The lowest BCUT2D eigenvalue weighted by molar-refractivity contribution is 0.0946. The average Bonchev–Trinajstić information content (AvgIpc) is 3.24.